The second kappa shape index (κ2) is 8.84. The Morgan fingerprint density at radius 3 is 2.61 bits per heavy atom. The molecule has 0 heterocycles. The van der Waals surface area contributed by atoms with E-state index in [1.54, 1.807) is 0 Å². The molecular weight excluding hydrogens is 302 g/mol. The van der Waals surface area contributed by atoms with Crippen molar-refractivity contribution in [2.24, 2.45) is 5.92 Å². The van der Waals surface area contributed by atoms with Crippen LogP contribution < -0.4 is 10.6 Å². The molecule has 1 amide bonds. The minimum Gasteiger partial charge on any atom is -0.480 e. The number of aliphatic carboxylic acids is 1. The van der Waals surface area contributed by atoms with Gasteiger partial charge in [-0.25, -0.2) is 0 Å². The predicted octanol–water partition coefficient (Wildman–Crippen LogP) is 2.01. The van der Waals surface area contributed by atoms with Gasteiger partial charge in [0.2, 0.25) is 5.91 Å². The molecule has 0 fully saturated rings. The van der Waals surface area contributed by atoms with Gasteiger partial charge in [-0.05, 0) is 24.9 Å². The minimum absolute atomic E-state index is 0.146. The molecule has 0 bridgehead atoms. The van der Waals surface area contributed by atoms with Crippen LogP contribution in [0.5, 0.6) is 0 Å². The van der Waals surface area contributed by atoms with Crippen LogP contribution in [0.15, 0.2) is 24.3 Å². The van der Waals surface area contributed by atoms with Gasteiger partial charge in [-0.15, -0.1) is 0 Å². The second-order valence-corrected chi connectivity index (χ2v) is 5.59. The Kier molecular flexibility index (Phi) is 7.14. The first kappa shape index (κ1) is 18.6. The Labute approximate surface area is 134 Å². The number of hydrogen-bond acceptors (Lipinski definition) is 5. The molecular formula is C15H21N3O5. The summed E-state index contributed by atoms with van der Waals surface area (Å²) in [6.07, 6.45) is 0.548. The molecule has 1 rings (SSSR count). The van der Waals surface area contributed by atoms with Crippen molar-refractivity contribution in [3.05, 3.63) is 34.4 Å². The maximum Gasteiger partial charge on any atom is 0.321 e. The molecule has 0 aliphatic carbocycles. The van der Waals surface area contributed by atoms with E-state index in [9.17, 15) is 19.7 Å². The van der Waals surface area contributed by atoms with E-state index < -0.39 is 22.8 Å². The van der Waals surface area contributed by atoms with Crippen LogP contribution in [0, 0.1) is 16.0 Å². The molecule has 1 atom stereocenters. The zero-order valence-electron chi connectivity index (χ0n) is 13.1. The van der Waals surface area contributed by atoms with Crippen molar-refractivity contribution < 1.29 is 19.6 Å². The predicted molar refractivity (Wildman–Crippen MR) is 85.2 cm³/mol. The third kappa shape index (κ3) is 6.88. The number of benzene rings is 1. The summed E-state index contributed by atoms with van der Waals surface area (Å²) in [5, 5.41) is 25.1. The van der Waals surface area contributed by atoms with Gasteiger partial charge in [0.1, 0.15) is 6.04 Å². The van der Waals surface area contributed by atoms with Crippen LogP contribution in [-0.4, -0.2) is 34.5 Å². The average Bonchev–Trinajstić information content (AvgIpc) is 2.45. The molecule has 0 radical (unpaired) electrons. The molecule has 1 unspecified atom stereocenters. The highest BCUT2D eigenvalue weighted by atomic mass is 16.6. The highest BCUT2D eigenvalue weighted by Gasteiger charge is 2.21. The normalized spacial score (nSPS) is 12.0. The maximum absolute atomic E-state index is 11.9. The van der Waals surface area contributed by atoms with E-state index in [0.717, 1.165) is 6.42 Å². The van der Waals surface area contributed by atoms with Crippen LogP contribution in [0.2, 0.25) is 0 Å². The molecule has 8 nitrogen and oxygen atoms in total. The van der Waals surface area contributed by atoms with E-state index in [-0.39, 0.29) is 17.8 Å². The fourth-order valence-electron chi connectivity index (χ4n) is 1.89. The van der Waals surface area contributed by atoms with E-state index in [1.807, 2.05) is 13.8 Å². The number of hydrogen-bond donors (Lipinski definition) is 3. The quantitative estimate of drug-likeness (QED) is 0.472. The Morgan fingerprint density at radius 1 is 1.35 bits per heavy atom. The summed E-state index contributed by atoms with van der Waals surface area (Å²) in [7, 11) is 0. The first-order valence-corrected chi connectivity index (χ1v) is 7.30. The van der Waals surface area contributed by atoms with Gasteiger partial charge in [-0.1, -0.05) is 19.9 Å². The van der Waals surface area contributed by atoms with Crippen molar-refractivity contribution in [3.63, 3.8) is 0 Å². The minimum atomic E-state index is -1.11. The molecule has 0 saturated heterocycles. The number of nitrogens with zero attached hydrogens (tertiary/aromatic N) is 1. The van der Waals surface area contributed by atoms with Gasteiger partial charge in [-0.2, -0.15) is 0 Å². The Balaban J connectivity index is 2.60. The number of nitro groups is 1. The van der Waals surface area contributed by atoms with E-state index >= 15 is 0 Å². The average molecular weight is 323 g/mol. The lowest BCUT2D eigenvalue weighted by Crippen LogP contribution is -2.40. The number of non-ortho nitro benzene ring substituents is 1. The molecule has 0 aromatic heterocycles. The monoisotopic (exact) mass is 323 g/mol. The highest BCUT2D eigenvalue weighted by molar-refractivity contribution is 5.94. The summed E-state index contributed by atoms with van der Waals surface area (Å²) in [5.74, 6) is -1.20. The summed E-state index contributed by atoms with van der Waals surface area (Å²) in [5.41, 5.74) is 0.114. The zero-order valence-corrected chi connectivity index (χ0v) is 13.1. The van der Waals surface area contributed by atoms with Gasteiger partial charge in [0.05, 0.1) is 11.3 Å². The van der Waals surface area contributed by atoms with Crippen molar-refractivity contribution in [2.45, 2.75) is 32.7 Å². The van der Waals surface area contributed by atoms with Gasteiger partial charge in [0, 0.05) is 17.8 Å². The summed E-state index contributed by atoms with van der Waals surface area (Å²) < 4.78 is 0. The lowest BCUT2D eigenvalue weighted by Gasteiger charge is -2.15. The number of amides is 1. The summed E-state index contributed by atoms with van der Waals surface area (Å²) in [6, 6.07) is 4.49. The number of anilines is 1. The number of nitrogens with one attached hydrogen (secondary N) is 2. The van der Waals surface area contributed by atoms with Crippen molar-refractivity contribution in [2.75, 3.05) is 11.9 Å². The third-order valence-corrected chi connectivity index (χ3v) is 3.14. The van der Waals surface area contributed by atoms with Crippen molar-refractivity contribution in [3.8, 4) is 0 Å². The first-order chi connectivity index (χ1) is 10.8. The van der Waals surface area contributed by atoms with E-state index in [2.05, 4.69) is 10.6 Å². The summed E-state index contributed by atoms with van der Waals surface area (Å²) >= 11 is 0. The molecule has 0 aliphatic rings. The van der Waals surface area contributed by atoms with Gasteiger partial charge < -0.3 is 15.7 Å². The fraction of sp³-hybridized carbons (Fsp3) is 0.467. The number of carbonyl (C=O) groups is 2. The molecule has 0 spiro atoms. The van der Waals surface area contributed by atoms with Gasteiger partial charge in [0.25, 0.3) is 5.69 Å². The van der Waals surface area contributed by atoms with E-state index in [4.69, 9.17) is 5.11 Å². The Hall–Kier alpha value is -2.48. The number of carbonyl (C=O) groups excluding carboxylic acids is 1. The molecule has 1 aromatic rings. The molecule has 0 aliphatic heterocycles. The van der Waals surface area contributed by atoms with E-state index in [0.29, 0.717) is 12.5 Å². The highest BCUT2D eigenvalue weighted by Crippen LogP contribution is 2.17. The second-order valence-electron chi connectivity index (χ2n) is 5.59. The fourth-order valence-corrected chi connectivity index (χ4v) is 1.89. The van der Waals surface area contributed by atoms with Crippen LogP contribution in [0.1, 0.15) is 26.7 Å². The number of carboxylic acid groups (broad SMARTS) is 1. The van der Waals surface area contributed by atoms with Gasteiger partial charge >= 0.3 is 5.97 Å². The topological polar surface area (TPSA) is 122 Å². The largest absolute Gasteiger partial charge is 0.480 e. The van der Waals surface area contributed by atoms with Crippen LogP contribution in [0.4, 0.5) is 11.4 Å². The lowest BCUT2D eigenvalue weighted by molar-refractivity contribution is -0.384. The third-order valence-electron chi connectivity index (χ3n) is 3.14. The Bertz CT molecular complexity index is 574. The number of nitro benzene ring substituents is 1. The molecule has 126 valence electrons. The van der Waals surface area contributed by atoms with Crippen LogP contribution in [-0.2, 0) is 9.59 Å². The standard InChI is InChI=1S/C15H21N3O5/c1-10(2)6-7-16-13(15(20)21)9-14(19)17-11-4-3-5-12(8-11)18(22)23/h3-5,8,10,13,16H,6-7,9H2,1-2H3,(H,17,19)(H,20,21). The van der Waals surface area contributed by atoms with Gasteiger partial charge in [-0.3, -0.25) is 19.7 Å². The van der Waals surface area contributed by atoms with Crippen LogP contribution in [0.3, 0.4) is 0 Å². The summed E-state index contributed by atoms with van der Waals surface area (Å²) in [4.78, 5) is 33.2. The molecule has 0 saturated carbocycles. The van der Waals surface area contributed by atoms with Gasteiger partial charge in [0.15, 0.2) is 0 Å². The molecule has 8 heteroatoms. The number of rotatable bonds is 9. The van der Waals surface area contributed by atoms with Crippen molar-refractivity contribution in [1.82, 2.24) is 5.32 Å². The molecule has 23 heavy (non-hydrogen) atoms. The maximum atomic E-state index is 11.9. The first-order valence-electron chi connectivity index (χ1n) is 7.30. The van der Waals surface area contributed by atoms with Crippen molar-refractivity contribution in [1.29, 1.82) is 0 Å². The smallest absolute Gasteiger partial charge is 0.321 e. The van der Waals surface area contributed by atoms with Crippen LogP contribution in [0.25, 0.3) is 0 Å². The molecule has 3 N–H and O–H groups in total. The SMILES string of the molecule is CC(C)CCNC(CC(=O)Nc1cccc([N+](=O)[O-])c1)C(=O)O. The van der Waals surface area contributed by atoms with Crippen molar-refractivity contribution >= 4 is 23.3 Å². The Morgan fingerprint density at radius 2 is 2.04 bits per heavy atom. The molecule has 1 aromatic carbocycles. The zero-order chi connectivity index (χ0) is 17.4. The van der Waals surface area contributed by atoms with Crippen LogP contribution >= 0.6 is 0 Å². The summed E-state index contributed by atoms with van der Waals surface area (Å²) in [6.45, 7) is 4.54. The van der Waals surface area contributed by atoms with E-state index in [1.165, 1.54) is 24.3 Å². The lowest BCUT2D eigenvalue weighted by atomic mass is 10.1. The number of carboxylic acids is 1.